The molecule has 1 heterocycles. The van der Waals surface area contributed by atoms with E-state index in [4.69, 9.17) is 0 Å². The Bertz CT molecular complexity index is 802. The van der Waals surface area contributed by atoms with Gasteiger partial charge in [0, 0.05) is 29.7 Å². The Balaban J connectivity index is 1.80. The van der Waals surface area contributed by atoms with Crippen molar-refractivity contribution in [1.82, 2.24) is 15.3 Å². The maximum absolute atomic E-state index is 4.59. The Morgan fingerprint density at radius 3 is 2.50 bits per heavy atom. The van der Waals surface area contributed by atoms with Gasteiger partial charge in [-0.05, 0) is 43.8 Å². The first kappa shape index (κ1) is 16.0. The third kappa shape index (κ3) is 4.08. The van der Waals surface area contributed by atoms with E-state index in [1.807, 2.05) is 62.6 Å². The molecule has 0 saturated carbocycles. The van der Waals surface area contributed by atoms with Gasteiger partial charge in [-0.15, -0.1) is 0 Å². The smallest absolute Gasteiger partial charge is 0.229 e. The molecule has 0 aliphatic heterocycles. The number of nitrogens with zero attached hydrogens (tertiary/aromatic N) is 2. The number of nitrogens with one attached hydrogen (secondary N) is 3. The zero-order valence-electron chi connectivity index (χ0n) is 13.9. The van der Waals surface area contributed by atoms with Gasteiger partial charge in [-0.3, -0.25) is 0 Å². The van der Waals surface area contributed by atoms with E-state index >= 15 is 0 Å². The van der Waals surface area contributed by atoms with Crippen LogP contribution in [0.4, 0.5) is 23.1 Å². The summed E-state index contributed by atoms with van der Waals surface area (Å²) >= 11 is 0. The summed E-state index contributed by atoms with van der Waals surface area (Å²) in [6.07, 6.45) is 1.82. The summed E-state index contributed by atoms with van der Waals surface area (Å²) in [5.41, 5.74) is 4.18. The number of rotatable bonds is 6. The first-order valence-corrected chi connectivity index (χ1v) is 7.91. The van der Waals surface area contributed by atoms with Crippen molar-refractivity contribution in [2.45, 2.75) is 13.5 Å². The van der Waals surface area contributed by atoms with Crippen molar-refractivity contribution in [1.29, 1.82) is 0 Å². The van der Waals surface area contributed by atoms with E-state index in [-0.39, 0.29) is 0 Å². The Morgan fingerprint density at radius 1 is 0.917 bits per heavy atom. The number of hydrogen-bond acceptors (Lipinski definition) is 5. The third-order valence-corrected chi connectivity index (χ3v) is 3.57. The van der Waals surface area contributed by atoms with Crippen molar-refractivity contribution >= 4 is 23.1 Å². The van der Waals surface area contributed by atoms with Gasteiger partial charge >= 0.3 is 0 Å². The highest BCUT2D eigenvalue weighted by Gasteiger charge is 2.05. The molecule has 0 fully saturated rings. The maximum Gasteiger partial charge on any atom is 0.229 e. The fraction of sp³-hybridized carbons (Fsp3) is 0.158. The fourth-order valence-corrected chi connectivity index (χ4v) is 2.38. The lowest BCUT2D eigenvalue weighted by molar-refractivity contribution is 0.818. The highest BCUT2D eigenvalue weighted by molar-refractivity contribution is 5.62. The molecule has 0 spiro atoms. The minimum absolute atomic E-state index is 0.570. The van der Waals surface area contributed by atoms with E-state index in [9.17, 15) is 0 Å². The average Bonchev–Trinajstić information content (AvgIpc) is 2.59. The van der Waals surface area contributed by atoms with Crippen LogP contribution in [0.3, 0.4) is 0 Å². The average molecular weight is 319 g/mol. The van der Waals surface area contributed by atoms with Crippen molar-refractivity contribution in [3.05, 3.63) is 71.9 Å². The van der Waals surface area contributed by atoms with Crippen molar-refractivity contribution in [2.24, 2.45) is 0 Å². The number of para-hydroxylation sites is 1. The molecule has 0 unspecified atom stereocenters. The molecule has 5 heteroatoms. The summed E-state index contributed by atoms with van der Waals surface area (Å²) in [6.45, 7) is 2.82. The highest BCUT2D eigenvalue weighted by atomic mass is 15.1. The van der Waals surface area contributed by atoms with E-state index in [2.05, 4.69) is 38.1 Å². The monoisotopic (exact) mass is 319 g/mol. The van der Waals surface area contributed by atoms with Gasteiger partial charge < -0.3 is 16.0 Å². The quantitative estimate of drug-likeness (QED) is 0.641. The van der Waals surface area contributed by atoms with E-state index in [0.717, 1.165) is 29.3 Å². The summed E-state index contributed by atoms with van der Waals surface area (Å²) in [5, 5.41) is 9.75. The molecule has 0 aliphatic rings. The summed E-state index contributed by atoms with van der Waals surface area (Å²) in [4.78, 5) is 8.94. The maximum atomic E-state index is 4.59. The molecule has 24 heavy (non-hydrogen) atoms. The summed E-state index contributed by atoms with van der Waals surface area (Å²) in [7, 11) is 1.94. The van der Waals surface area contributed by atoms with Gasteiger partial charge in [0.1, 0.15) is 5.82 Å². The molecule has 122 valence electrons. The van der Waals surface area contributed by atoms with Crippen LogP contribution >= 0.6 is 0 Å². The normalized spacial score (nSPS) is 10.4. The third-order valence-electron chi connectivity index (χ3n) is 3.57. The first-order valence-electron chi connectivity index (χ1n) is 7.91. The van der Waals surface area contributed by atoms with E-state index in [0.29, 0.717) is 5.95 Å². The molecule has 0 aliphatic carbocycles. The Labute approximate surface area is 142 Å². The van der Waals surface area contributed by atoms with Crippen LogP contribution < -0.4 is 16.0 Å². The highest BCUT2D eigenvalue weighted by Crippen LogP contribution is 2.21. The van der Waals surface area contributed by atoms with Gasteiger partial charge in [0.25, 0.3) is 0 Å². The SMILES string of the molecule is CNCc1cccc(Nc2nc(Nc3ccccc3)ncc2C)c1. The molecule has 0 saturated heterocycles. The largest absolute Gasteiger partial charge is 0.340 e. The molecule has 0 amide bonds. The van der Waals surface area contributed by atoms with Gasteiger partial charge in [-0.25, -0.2) is 4.98 Å². The summed E-state index contributed by atoms with van der Waals surface area (Å²) in [6, 6.07) is 18.2. The summed E-state index contributed by atoms with van der Waals surface area (Å²) < 4.78 is 0. The predicted octanol–water partition coefficient (Wildman–Crippen LogP) is 3.99. The predicted molar refractivity (Wildman–Crippen MR) is 99.0 cm³/mol. The number of benzene rings is 2. The number of aryl methyl sites for hydroxylation is 1. The van der Waals surface area contributed by atoms with E-state index in [1.165, 1.54) is 5.56 Å². The first-order chi connectivity index (χ1) is 11.7. The second-order valence-electron chi connectivity index (χ2n) is 5.57. The number of aromatic nitrogens is 2. The Morgan fingerprint density at radius 2 is 1.71 bits per heavy atom. The lowest BCUT2D eigenvalue weighted by atomic mass is 10.2. The Hall–Kier alpha value is -2.92. The van der Waals surface area contributed by atoms with Gasteiger partial charge in [0.15, 0.2) is 0 Å². The molecular weight excluding hydrogens is 298 g/mol. The molecule has 0 bridgehead atoms. The molecule has 2 aromatic carbocycles. The number of anilines is 4. The standard InChI is InChI=1S/C19H21N5/c1-14-12-21-19(23-16-8-4-3-5-9-16)24-18(14)22-17-10-6-7-15(11-17)13-20-2/h3-12,20H,13H2,1-2H3,(H2,21,22,23,24). The topological polar surface area (TPSA) is 61.9 Å². The van der Waals surface area contributed by atoms with Crippen molar-refractivity contribution < 1.29 is 0 Å². The van der Waals surface area contributed by atoms with Crippen LogP contribution in [0.2, 0.25) is 0 Å². The number of hydrogen-bond donors (Lipinski definition) is 3. The van der Waals surface area contributed by atoms with Gasteiger partial charge in [0.05, 0.1) is 0 Å². The lowest BCUT2D eigenvalue weighted by Gasteiger charge is -2.12. The molecule has 3 aromatic rings. The van der Waals surface area contributed by atoms with Crippen LogP contribution in [0.1, 0.15) is 11.1 Å². The molecule has 0 radical (unpaired) electrons. The minimum atomic E-state index is 0.570. The fourth-order valence-electron chi connectivity index (χ4n) is 2.38. The molecule has 0 atom stereocenters. The van der Waals surface area contributed by atoms with Crippen LogP contribution in [0.15, 0.2) is 60.8 Å². The van der Waals surface area contributed by atoms with Gasteiger partial charge in [-0.2, -0.15) is 4.98 Å². The zero-order valence-corrected chi connectivity index (χ0v) is 13.9. The Kier molecular flexibility index (Phi) is 5.03. The van der Waals surface area contributed by atoms with E-state index in [1.54, 1.807) is 0 Å². The molecule has 5 nitrogen and oxygen atoms in total. The zero-order chi connectivity index (χ0) is 16.8. The molecule has 1 aromatic heterocycles. The van der Waals surface area contributed by atoms with Crippen LogP contribution in [0.25, 0.3) is 0 Å². The minimum Gasteiger partial charge on any atom is -0.340 e. The van der Waals surface area contributed by atoms with Gasteiger partial charge in [-0.1, -0.05) is 30.3 Å². The van der Waals surface area contributed by atoms with Crippen LogP contribution in [0.5, 0.6) is 0 Å². The van der Waals surface area contributed by atoms with Crippen molar-refractivity contribution in [3.63, 3.8) is 0 Å². The molecular formula is C19H21N5. The van der Waals surface area contributed by atoms with Crippen LogP contribution in [-0.4, -0.2) is 17.0 Å². The lowest BCUT2D eigenvalue weighted by Crippen LogP contribution is -2.06. The van der Waals surface area contributed by atoms with Crippen molar-refractivity contribution in [3.8, 4) is 0 Å². The van der Waals surface area contributed by atoms with Crippen LogP contribution in [0, 0.1) is 6.92 Å². The van der Waals surface area contributed by atoms with Gasteiger partial charge in [0.2, 0.25) is 5.95 Å². The second kappa shape index (κ2) is 7.57. The summed E-state index contributed by atoms with van der Waals surface area (Å²) in [5.74, 6) is 1.37. The molecule has 3 rings (SSSR count). The van der Waals surface area contributed by atoms with Crippen molar-refractivity contribution in [2.75, 3.05) is 17.7 Å². The van der Waals surface area contributed by atoms with E-state index < -0.39 is 0 Å². The van der Waals surface area contributed by atoms with Crippen LogP contribution in [-0.2, 0) is 6.54 Å². The second-order valence-corrected chi connectivity index (χ2v) is 5.57. The molecule has 3 N–H and O–H groups in total.